The Kier molecular flexibility index (Phi) is 5.26. The third-order valence-corrected chi connectivity index (χ3v) is 3.88. The van der Waals surface area contributed by atoms with Crippen molar-refractivity contribution in [2.75, 3.05) is 18.4 Å². The Hall–Kier alpha value is -2.22. The zero-order chi connectivity index (χ0) is 16.1. The van der Waals surface area contributed by atoms with Gasteiger partial charge >= 0.3 is 6.03 Å². The molecule has 3 N–H and O–H groups in total. The number of amides is 3. The molecular formula is C14H22N6O2. The van der Waals surface area contributed by atoms with Gasteiger partial charge in [-0.05, 0) is 18.4 Å². The van der Waals surface area contributed by atoms with Gasteiger partial charge in [0.05, 0.1) is 6.04 Å². The fourth-order valence-electron chi connectivity index (χ4n) is 2.26. The maximum atomic E-state index is 12.5. The van der Waals surface area contributed by atoms with Crippen LogP contribution in [0.5, 0.6) is 0 Å². The summed E-state index contributed by atoms with van der Waals surface area (Å²) in [6.45, 7) is 4.90. The first-order valence-electron chi connectivity index (χ1n) is 7.46. The number of carbonyl (C=O) groups excluding carboxylic acids is 2. The molecule has 1 aliphatic heterocycles. The summed E-state index contributed by atoms with van der Waals surface area (Å²) in [6, 6.07) is 0.601. The van der Waals surface area contributed by atoms with Gasteiger partial charge in [-0.15, -0.1) is 0 Å². The van der Waals surface area contributed by atoms with Crippen LogP contribution >= 0.6 is 0 Å². The molecule has 120 valence electrons. The van der Waals surface area contributed by atoms with Gasteiger partial charge in [-0.25, -0.2) is 24.8 Å². The lowest BCUT2D eigenvalue weighted by atomic mass is 9.99. The summed E-state index contributed by atoms with van der Waals surface area (Å²) in [4.78, 5) is 32.5. The molecule has 0 aromatic carbocycles. The maximum Gasteiger partial charge on any atom is 0.341 e. The lowest BCUT2D eigenvalue weighted by Crippen LogP contribution is -2.53. The minimum absolute atomic E-state index is 0.0693. The van der Waals surface area contributed by atoms with E-state index in [9.17, 15) is 9.59 Å². The molecule has 0 aliphatic carbocycles. The van der Waals surface area contributed by atoms with Crippen LogP contribution in [0, 0.1) is 5.92 Å². The summed E-state index contributed by atoms with van der Waals surface area (Å²) in [6.07, 6.45) is 4.43. The minimum atomic E-state index is -0.600. The maximum absolute atomic E-state index is 12.5. The Morgan fingerprint density at radius 2 is 2.14 bits per heavy atom. The van der Waals surface area contributed by atoms with Crippen LogP contribution in [0.4, 0.5) is 10.6 Å². The van der Waals surface area contributed by atoms with Crippen molar-refractivity contribution in [3.8, 4) is 0 Å². The van der Waals surface area contributed by atoms with E-state index in [1.165, 1.54) is 22.5 Å². The largest absolute Gasteiger partial charge is 0.341 e. The Balaban J connectivity index is 2.03. The highest BCUT2D eigenvalue weighted by Gasteiger charge is 2.34. The van der Waals surface area contributed by atoms with Crippen LogP contribution in [-0.4, -0.2) is 51.1 Å². The Labute approximate surface area is 129 Å². The standard InChI is InChI=1S/C14H22N6O2/c1-3-10(2)12(15)13(21)19-7-4-8-20(19)14(22)18-11-5-6-16-9-17-11/h5-6,9-10,12H,3-4,7-8,15H2,1-2H3,(H,16,17,18,22)/t10-,12-/m0/s1. The molecule has 22 heavy (non-hydrogen) atoms. The topological polar surface area (TPSA) is 104 Å². The predicted molar refractivity (Wildman–Crippen MR) is 81.5 cm³/mol. The van der Waals surface area contributed by atoms with E-state index < -0.39 is 6.04 Å². The van der Waals surface area contributed by atoms with Crippen LogP contribution in [-0.2, 0) is 4.79 Å². The summed E-state index contributed by atoms with van der Waals surface area (Å²) >= 11 is 0. The van der Waals surface area contributed by atoms with Crippen molar-refractivity contribution in [3.63, 3.8) is 0 Å². The third kappa shape index (κ3) is 3.51. The lowest BCUT2D eigenvalue weighted by Gasteiger charge is -2.31. The number of rotatable bonds is 4. The first-order chi connectivity index (χ1) is 10.5. The molecule has 0 saturated carbocycles. The molecule has 3 amide bonds. The van der Waals surface area contributed by atoms with Crippen LogP contribution in [0.25, 0.3) is 0 Å². The fraction of sp³-hybridized carbons (Fsp3) is 0.571. The van der Waals surface area contributed by atoms with E-state index in [2.05, 4.69) is 15.3 Å². The molecule has 1 aromatic heterocycles. The van der Waals surface area contributed by atoms with Crippen molar-refractivity contribution in [1.29, 1.82) is 0 Å². The highest BCUT2D eigenvalue weighted by molar-refractivity contribution is 5.91. The van der Waals surface area contributed by atoms with Crippen LogP contribution in [0.1, 0.15) is 26.7 Å². The normalized spacial score (nSPS) is 17.2. The molecule has 2 rings (SSSR count). The van der Waals surface area contributed by atoms with Gasteiger partial charge in [0.1, 0.15) is 12.1 Å². The highest BCUT2D eigenvalue weighted by Crippen LogP contribution is 2.17. The number of nitrogens with zero attached hydrogens (tertiary/aromatic N) is 4. The van der Waals surface area contributed by atoms with Gasteiger partial charge in [0.2, 0.25) is 0 Å². The molecule has 1 saturated heterocycles. The summed E-state index contributed by atoms with van der Waals surface area (Å²) in [5.41, 5.74) is 6.00. The fourth-order valence-corrected chi connectivity index (χ4v) is 2.26. The van der Waals surface area contributed by atoms with Gasteiger partial charge < -0.3 is 5.73 Å². The molecule has 1 fully saturated rings. The minimum Gasteiger partial charge on any atom is -0.320 e. The van der Waals surface area contributed by atoms with E-state index in [1.807, 2.05) is 13.8 Å². The molecule has 8 heteroatoms. The third-order valence-electron chi connectivity index (χ3n) is 3.88. The summed E-state index contributed by atoms with van der Waals surface area (Å²) in [5, 5.41) is 5.49. The highest BCUT2D eigenvalue weighted by atomic mass is 16.2. The lowest BCUT2D eigenvalue weighted by molar-refractivity contribution is -0.142. The number of nitrogens with one attached hydrogen (secondary N) is 1. The van der Waals surface area contributed by atoms with E-state index in [0.29, 0.717) is 18.9 Å². The summed E-state index contributed by atoms with van der Waals surface area (Å²) < 4.78 is 0. The molecule has 1 aromatic rings. The second-order valence-corrected chi connectivity index (χ2v) is 5.37. The van der Waals surface area contributed by atoms with E-state index in [4.69, 9.17) is 5.73 Å². The first kappa shape index (κ1) is 16.2. The molecule has 0 radical (unpaired) electrons. The molecule has 8 nitrogen and oxygen atoms in total. The number of anilines is 1. The number of urea groups is 1. The van der Waals surface area contributed by atoms with Gasteiger partial charge in [0, 0.05) is 19.3 Å². The van der Waals surface area contributed by atoms with Crippen molar-refractivity contribution >= 4 is 17.8 Å². The average Bonchev–Trinajstić information content (AvgIpc) is 3.03. The SMILES string of the molecule is CC[C@H](C)[C@H](N)C(=O)N1CCCN1C(=O)Nc1ccncn1. The van der Waals surface area contributed by atoms with E-state index in [1.54, 1.807) is 6.07 Å². The quantitative estimate of drug-likeness (QED) is 0.857. The Morgan fingerprint density at radius 3 is 2.77 bits per heavy atom. The molecule has 2 heterocycles. The van der Waals surface area contributed by atoms with Gasteiger partial charge in [-0.1, -0.05) is 20.3 Å². The Morgan fingerprint density at radius 1 is 1.41 bits per heavy atom. The van der Waals surface area contributed by atoms with Crippen molar-refractivity contribution in [2.24, 2.45) is 11.7 Å². The van der Waals surface area contributed by atoms with Crippen LogP contribution in [0.2, 0.25) is 0 Å². The molecular weight excluding hydrogens is 284 g/mol. The van der Waals surface area contributed by atoms with Crippen LogP contribution in [0.3, 0.4) is 0 Å². The van der Waals surface area contributed by atoms with Crippen molar-refractivity contribution in [1.82, 2.24) is 20.0 Å². The van der Waals surface area contributed by atoms with Gasteiger partial charge in [-0.2, -0.15) is 0 Å². The number of carbonyl (C=O) groups is 2. The number of hydrogen-bond donors (Lipinski definition) is 2. The summed E-state index contributed by atoms with van der Waals surface area (Å²) in [7, 11) is 0. The van der Waals surface area contributed by atoms with Crippen LogP contribution in [0.15, 0.2) is 18.6 Å². The number of aromatic nitrogens is 2. The monoisotopic (exact) mass is 306 g/mol. The second kappa shape index (κ2) is 7.17. The smallest absolute Gasteiger partial charge is 0.320 e. The number of nitrogens with two attached hydrogens (primary N) is 1. The van der Waals surface area contributed by atoms with Crippen molar-refractivity contribution in [2.45, 2.75) is 32.7 Å². The summed E-state index contributed by atoms with van der Waals surface area (Å²) in [5.74, 6) is 0.245. The molecule has 1 aliphatic rings. The van der Waals surface area contributed by atoms with E-state index >= 15 is 0 Å². The molecule has 2 atom stereocenters. The van der Waals surface area contributed by atoms with Gasteiger partial charge in [0.25, 0.3) is 5.91 Å². The van der Waals surface area contributed by atoms with Crippen molar-refractivity contribution in [3.05, 3.63) is 18.6 Å². The number of hydrogen-bond acceptors (Lipinski definition) is 5. The van der Waals surface area contributed by atoms with E-state index in [-0.39, 0.29) is 17.9 Å². The number of hydrazine groups is 1. The molecule has 0 spiro atoms. The second-order valence-electron chi connectivity index (χ2n) is 5.37. The van der Waals surface area contributed by atoms with Gasteiger partial charge in [0.15, 0.2) is 0 Å². The first-order valence-corrected chi connectivity index (χ1v) is 7.46. The van der Waals surface area contributed by atoms with Gasteiger partial charge in [-0.3, -0.25) is 10.1 Å². The predicted octanol–water partition coefficient (Wildman–Crippen LogP) is 0.831. The van der Waals surface area contributed by atoms with Crippen LogP contribution < -0.4 is 11.1 Å². The zero-order valence-electron chi connectivity index (χ0n) is 12.9. The average molecular weight is 306 g/mol. The Bertz CT molecular complexity index is 523. The van der Waals surface area contributed by atoms with Crippen molar-refractivity contribution < 1.29 is 9.59 Å². The van der Waals surface area contributed by atoms with E-state index in [0.717, 1.165) is 12.8 Å². The zero-order valence-corrected chi connectivity index (χ0v) is 12.9. The molecule has 0 unspecified atom stereocenters. The molecule has 0 bridgehead atoms.